The van der Waals surface area contributed by atoms with Crippen LogP contribution in [-0.4, -0.2) is 35.7 Å². The van der Waals surface area contributed by atoms with E-state index in [1.54, 1.807) is 35.6 Å². The standard InChI is InChI=1S/C22H24N2O3S/c25-19(23-15-22(10-3-4-11-22)16-9-13-28-14-16)8-5-12-24-20(26)17-6-1-2-7-18(17)21(24)27/h1-2,6-7,9,13-14H,3-5,8,10-12,15H2,(H,23,25). The average Bonchev–Trinajstić information content (AvgIpc) is 3.44. The molecule has 1 fully saturated rings. The van der Waals surface area contributed by atoms with E-state index in [0.29, 0.717) is 30.5 Å². The van der Waals surface area contributed by atoms with Crippen molar-refractivity contribution in [3.05, 3.63) is 57.8 Å². The van der Waals surface area contributed by atoms with Crippen LogP contribution in [0.15, 0.2) is 41.1 Å². The Balaban J connectivity index is 1.28. The SMILES string of the molecule is O=C(CCCN1C(=O)c2ccccc2C1=O)NCC1(c2ccsc2)CCCC1. The molecule has 2 heterocycles. The first kappa shape index (κ1) is 18.9. The van der Waals surface area contributed by atoms with E-state index in [-0.39, 0.29) is 29.7 Å². The van der Waals surface area contributed by atoms with Gasteiger partial charge in [0.2, 0.25) is 5.91 Å². The van der Waals surface area contributed by atoms with Crippen LogP contribution in [0.2, 0.25) is 0 Å². The van der Waals surface area contributed by atoms with Gasteiger partial charge in [-0.1, -0.05) is 25.0 Å². The molecule has 6 heteroatoms. The summed E-state index contributed by atoms with van der Waals surface area (Å²) in [6.07, 6.45) is 5.41. The molecule has 1 aliphatic heterocycles. The largest absolute Gasteiger partial charge is 0.355 e. The second kappa shape index (κ2) is 7.87. The van der Waals surface area contributed by atoms with Gasteiger partial charge in [0.25, 0.3) is 11.8 Å². The fraction of sp³-hybridized carbons (Fsp3) is 0.409. The molecule has 1 saturated carbocycles. The summed E-state index contributed by atoms with van der Waals surface area (Å²) in [6.45, 7) is 0.936. The molecule has 3 amide bonds. The van der Waals surface area contributed by atoms with Crippen LogP contribution in [0.25, 0.3) is 0 Å². The van der Waals surface area contributed by atoms with E-state index in [0.717, 1.165) is 12.8 Å². The summed E-state index contributed by atoms with van der Waals surface area (Å²) < 4.78 is 0. The number of hydrogen-bond acceptors (Lipinski definition) is 4. The number of hydrogen-bond donors (Lipinski definition) is 1. The molecule has 28 heavy (non-hydrogen) atoms. The third-order valence-corrected chi connectivity index (χ3v) is 6.67. The summed E-state index contributed by atoms with van der Waals surface area (Å²) in [4.78, 5) is 38.3. The average molecular weight is 397 g/mol. The summed E-state index contributed by atoms with van der Waals surface area (Å²) in [6, 6.07) is 9.03. The van der Waals surface area contributed by atoms with Gasteiger partial charge < -0.3 is 5.32 Å². The van der Waals surface area contributed by atoms with Crippen LogP contribution in [0.4, 0.5) is 0 Å². The Bertz CT molecular complexity index is 850. The maximum absolute atomic E-state index is 12.4. The number of nitrogens with zero attached hydrogens (tertiary/aromatic N) is 1. The van der Waals surface area contributed by atoms with Crippen LogP contribution in [0.5, 0.6) is 0 Å². The van der Waals surface area contributed by atoms with Crippen molar-refractivity contribution < 1.29 is 14.4 Å². The molecule has 0 bridgehead atoms. The molecule has 2 aliphatic rings. The van der Waals surface area contributed by atoms with Crippen LogP contribution in [0.1, 0.15) is 64.8 Å². The molecule has 1 aliphatic carbocycles. The number of carbonyl (C=O) groups is 3. The second-order valence-corrected chi connectivity index (χ2v) is 8.47. The summed E-state index contributed by atoms with van der Waals surface area (Å²) in [5.74, 6) is -0.537. The first-order valence-electron chi connectivity index (χ1n) is 9.85. The third kappa shape index (κ3) is 3.49. The molecule has 2 aromatic rings. The number of amides is 3. The van der Waals surface area contributed by atoms with Gasteiger partial charge in [-0.2, -0.15) is 11.3 Å². The molecule has 0 atom stereocenters. The molecule has 1 N–H and O–H groups in total. The first-order chi connectivity index (χ1) is 13.6. The Morgan fingerprint density at radius 3 is 2.36 bits per heavy atom. The Labute approximate surface area is 168 Å². The Morgan fingerprint density at radius 1 is 1.07 bits per heavy atom. The van der Waals surface area contributed by atoms with Crippen molar-refractivity contribution in [3.63, 3.8) is 0 Å². The van der Waals surface area contributed by atoms with Crippen LogP contribution >= 0.6 is 11.3 Å². The molecular formula is C22H24N2O3S. The van der Waals surface area contributed by atoms with Gasteiger partial charge in [0.1, 0.15) is 0 Å². The van der Waals surface area contributed by atoms with Gasteiger partial charge in [-0.25, -0.2) is 0 Å². The molecule has 0 unspecified atom stereocenters. The lowest BCUT2D eigenvalue weighted by Gasteiger charge is -2.28. The van der Waals surface area contributed by atoms with Crippen molar-refractivity contribution in [2.75, 3.05) is 13.1 Å². The van der Waals surface area contributed by atoms with E-state index < -0.39 is 0 Å². The number of fused-ring (bicyclic) bond motifs is 1. The summed E-state index contributed by atoms with van der Waals surface area (Å²) >= 11 is 1.70. The Hall–Kier alpha value is -2.47. The maximum Gasteiger partial charge on any atom is 0.261 e. The highest BCUT2D eigenvalue weighted by Gasteiger charge is 2.37. The molecule has 0 saturated heterocycles. The zero-order chi connectivity index (χ0) is 19.6. The van der Waals surface area contributed by atoms with E-state index in [1.165, 1.54) is 23.3 Å². The van der Waals surface area contributed by atoms with Gasteiger partial charge in [-0.15, -0.1) is 0 Å². The lowest BCUT2D eigenvalue weighted by atomic mass is 9.80. The van der Waals surface area contributed by atoms with Crippen molar-refractivity contribution in [1.82, 2.24) is 10.2 Å². The number of thiophene rings is 1. The van der Waals surface area contributed by atoms with Gasteiger partial charge in [0.05, 0.1) is 11.1 Å². The van der Waals surface area contributed by atoms with Gasteiger partial charge in [-0.05, 0) is 53.8 Å². The zero-order valence-corrected chi connectivity index (χ0v) is 16.6. The Morgan fingerprint density at radius 2 is 1.75 bits per heavy atom. The summed E-state index contributed by atoms with van der Waals surface area (Å²) in [5, 5.41) is 7.39. The smallest absolute Gasteiger partial charge is 0.261 e. The molecule has 1 aromatic carbocycles. The van der Waals surface area contributed by atoms with E-state index in [2.05, 4.69) is 22.1 Å². The lowest BCUT2D eigenvalue weighted by molar-refractivity contribution is -0.121. The van der Waals surface area contributed by atoms with Crippen LogP contribution in [0, 0.1) is 0 Å². The number of rotatable bonds is 7. The highest BCUT2D eigenvalue weighted by molar-refractivity contribution is 7.08. The normalized spacial score (nSPS) is 17.8. The van der Waals surface area contributed by atoms with Gasteiger partial charge in [0.15, 0.2) is 0 Å². The minimum Gasteiger partial charge on any atom is -0.355 e. The van der Waals surface area contributed by atoms with Crippen molar-refractivity contribution in [2.45, 2.75) is 43.9 Å². The topological polar surface area (TPSA) is 66.5 Å². The lowest BCUT2D eigenvalue weighted by Crippen LogP contribution is -2.39. The van der Waals surface area contributed by atoms with Gasteiger partial charge in [-0.3, -0.25) is 19.3 Å². The molecule has 1 aromatic heterocycles. The predicted octanol–water partition coefficient (Wildman–Crippen LogP) is 3.75. The fourth-order valence-electron chi connectivity index (χ4n) is 4.38. The Kier molecular flexibility index (Phi) is 5.31. The molecule has 4 rings (SSSR count). The molecule has 0 spiro atoms. The fourth-order valence-corrected chi connectivity index (χ4v) is 5.16. The van der Waals surface area contributed by atoms with Gasteiger partial charge >= 0.3 is 0 Å². The monoisotopic (exact) mass is 396 g/mol. The van der Waals surface area contributed by atoms with E-state index in [1.807, 2.05) is 0 Å². The minimum atomic E-state index is -0.261. The second-order valence-electron chi connectivity index (χ2n) is 7.69. The predicted molar refractivity (Wildman–Crippen MR) is 109 cm³/mol. The van der Waals surface area contributed by atoms with Crippen molar-refractivity contribution in [3.8, 4) is 0 Å². The summed E-state index contributed by atoms with van der Waals surface area (Å²) in [7, 11) is 0. The highest BCUT2D eigenvalue weighted by Crippen LogP contribution is 2.41. The highest BCUT2D eigenvalue weighted by atomic mass is 32.1. The van der Waals surface area contributed by atoms with E-state index >= 15 is 0 Å². The molecule has 146 valence electrons. The van der Waals surface area contributed by atoms with Crippen molar-refractivity contribution in [2.24, 2.45) is 0 Å². The zero-order valence-electron chi connectivity index (χ0n) is 15.8. The van der Waals surface area contributed by atoms with Crippen LogP contribution in [-0.2, 0) is 10.2 Å². The van der Waals surface area contributed by atoms with E-state index in [4.69, 9.17) is 0 Å². The number of benzene rings is 1. The van der Waals surface area contributed by atoms with E-state index in [9.17, 15) is 14.4 Å². The molecule has 5 nitrogen and oxygen atoms in total. The van der Waals surface area contributed by atoms with Crippen molar-refractivity contribution in [1.29, 1.82) is 0 Å². The minimum absolute atomic E-state index is 0.0156. The maximum atomic E-state index is 12.4. The van der Waals surface area contributed by atoms with Crippen LogP contribution < -0.4 is 5.32 Å². The molecular weight excluding hydrogens is 372 g/mol. The number of nitrogens with one attached hydrogen (secondary N) is 1. The third-order valence-electron chi connectivity index (χ3n) is 5.98. The van der Waals surface area contributed by atoms with Gasteiger partial charge in [0, 0.05) is 24.9 Å². The molecule has 0 radical (unpaired) electrons. The summed E-state index contributed by atoms with van der Waals surface area (Å²) in [5.41, 5.74) is 2.31. The number of imide groups is 1. The first-order valence-corrected chi connectivity index (χ1v) is 10.8. The number of carbonyl (C=O) groups excluding carboxylic acids is 3. The van der Waals surface area contributed by atoms with Crippen molar-refractivity contribution >= 4 is 29.1 Å². The quantitative estimate of drug-likeness (QED) is 0.725. The van der Waals surface area contributed by atoms with Crippen LogP contribution in [0.3, 0.4) is 0 Å².